The molecular formula is C9H18N+. The van der Waals surface area contributed by atoms with Gasteiger partial charge < -0.3 is 4.48 Å². The first-order valence-corrected chi connectivity index (χ1v) is 4.56. The van der Waals surface area contributed by atoms with Crippen molar-refractivity contribution in [3.8, 4) is 0 Å². The van der Waals surface area contributed by atoms with E-state index in [-0.39, 0.29) is 0 Å². The first-order valence-electron chi connectivity index (χ1n) is 4.56. The van der Waals surface area contributed by atoms with Gasteiger partial charge >= 0.3 is 0 Å². The second kappa shape index (κ2) is 1.97. The van der Waals surface area contributed by atoms with E-state index >= 15 is 0 Å². The van der Waals surface area contributed by atoms with Crippen molar-refractivity contribution in [2.75, 3.05) is 14.1 Å². The van der Waals surface area contributed by atoms with Gasteiger partial charge in [-0.1, -0.05) is 6.42 Å². The number of nitrogens with zero attached hydrogens (tertiary/aromatic N) is 1. The lowest BCUT2D eigenvalue weighted by Crippen LogP contribution is -2.19. The molecule has 2 rings (SSSR count). The molecule has 0 bridgehead atoms. The Hall–Kier alpha value is -0.0400. The van der Waals surface area contributed by atoms with Crippen LogP contribution in [0.25, 0.3) is 0 Å². The summed E-state index contributed by atoms with van der Waals surface area (Å²) in [6, 6.07) is 2.09. The second-order valence-electron chi connectivity index (χ2n) is 4.40. The molecule has 0 aromatic heterocycles. The van der Waals surface area contributed by atoms with Crippen LogP contribution in [0.4, 0.5) is 0 Å². The molecule has 1 heterocycles. The second-order valence-corrected chi connectivity index (χ2v) is 4.40. The van der Waals surface area contributed by atoms with Gasteiger partial charge in [-0.25, -0.2) is 0 Å². The van der Waals surface area contributed by atoms with Gasteiger partial charge in [0.2, 0.25) is 0 Å². The Morgan fingerprint density at radius 1 is 0.900 bits per heavy atom. The van der Waals surface area contributed by atoms with Gasteiger partial charge in [-0.05, 0) is 12.8 Å². The fourth-order valence-electron chi connectivity index (χ4n) is 2.69. The summed E-state index contributed by atoms with van der Waals surface area (Å²) in [6.45, 7) is 0. The molecule has 58 valence electrons. The summed E-state index contributed by atoms with van der Waals surface area (Å²) in [5, 5.41) is 0. The Labute approximate surface area is 63.6 Å². The fraction of sp³-hybridized carbons (Fsp3) is 1.00. The zero-order chi connectivity index (χ0) is 7.19. The Kier molecular flexibility index (Phi) is 1.31. The van der Waals surface area contributed by atoms with E-state index in [2.05, 4.69) is 14.1 Å². The molecule has 0 amide bonds. The van der Waals surface area contributed by atoms with Crippen molar-refractivity contribution in [1.82, 2.24) is 0 Å². The maximum absolute atomic E-state index is 2.39. The van der Waals surface area contributed by atoms with Crippen LogP contribution in [0.15, 0.2) is 0 Å². The van der Waals surface area contributed by atoms with Crippen LogP contribution in [0.2, 0.25) is 0 Å². The van der Waals surface area contributed by atoms with Gasteiger partial charge in [-0.15, -0.1) is 0 Å². The number of likely N-dealkylation sites (tertiary alicyclic amines) is 1. The third-order valence-corrected chi connectivity index (χ3v) is 3.56. The highest BCUT2D eigenvalue weighted by Gasteiger charge is 2.59. The molecule has 1 nitrogen and oxygen atoms in total. The molecule has 2 unspecified atom stereocenters. The third-order valence-electron chi connectivity index (χ3n) is 3.56. The predicted molar refractivity (Wildman–Crippen MR) is 42.8 cm³/mol. The van der Waals surface area contributed by atoms with Crippen molar-refractivity contribution < 1.29 is 4.48 Å². The zero-order valence-electron chi connectivity index (χ0n) is 7.14. The lowest BCUT2D eigenvalue weighted by atomic mass is 10.2. The van der Waals surface area contributed by atoms with Gasteiger partial charge in [0.1, 0.15) is 12.1 Å². The topological polar surface area (TPSA) is 0 Å². The summed E-state index contributed by atoms with van der Waals surface area (Å²) in [5.74, 6) is 0. The van der Waals surface area contributed by atoms with Crippen molar-refractivity contribution in [2.24, 2.45) is 0 Å². The van der Waals surface area contributed by atoms with Crippen LogP contribution >= 0.6 is 0 Å². The third kappa shape index (κ3) is 0.800. The SMILES string of the molecule is C[N+]1(C)C2CCCCCC21. The van der Waals surface area contributed by atoms with Gasteiger partial charge in [0.15, 0.2) is 0 Å². The van der Waals surface area contributed by atoms with Gasteiger partial charge in [0.05, 0.1) is 14.1 Å². The van der Waals surface area contributed by atoms with E-state index in [1.165, 1.54) is 36.6 Å². The highest BCUT2D eigenvalue weighted by molar-refractivity contribution is 4.87. The number of hydrogen-bond acceptors (Lipinski definition) is 0. The summed E-state index contributed by atoms with van der Waals surface area (Å²) in [6.07, 6.45) is 7.47. The molecule has 2 fully saturated rings. The molecule has 1 saturated heterocycles. The summed E-state index contributed by atoms with van der Waals surface area (Å²) in [7, 11) is 4.78. The van der Waals surface area contributed by atoms with E-state index in [9.17, 15) is 0 Å². The standard InChI is InChI=1S/C9H18N/c1-10(2)8-6-4-3-5-7-9(8)10/h8-9H,3-7H2,1-2H3/q+1. The van der Waals surface area contributed by atoms with E-state index in [0.717, 1.165) is 12.1 Å². The van der Waals surface area contributed by atoms with Gasteiger partial charge in [0.25, 0.3) is 0 Å². The van der Waals surface area contributed by atoms with Crippen LogP contribution in [-0.4, -0.2) is 30.7 Å². The van der Waals surface area contributed by atoms with Crippen molar-refractivity contribution >= 4 is 0 Å². The molecule has 2 aliphatic rings. The minimum absolute atomic E-state index is 1.04. The molecular weight excluding hydrogens is 122 g/mol. The van der Waals surface area contributed by atoms with Crippen molar-refractivity contribution in [2.45, 2.75) is 44.2 Å². The van der Waals surface area contributed by atoms with Gasteiger partial charge in [-0.2, -0.15) is 0 Å². The minimum Gasteiger partial charge on any atom is -0.314 e. The minimum atomic E-state index is 1.04. The van der Waals surface area contributed by atoms with Crippen molar-refractivity contribution in [3.63, 3.8) is 0 Å². The first kappa shape index (κ1) is 6.66. The molecule has 1 saturated carbocycles. The Bertz CT molecular complexity index is 126. The van der Waals surface area contributed by atoms with Crippen molar-refractivity contribution in [1.29, 1.82) is 0 Å². The van der Waals surface area contributed by atoms with Crippen molar-refractivity contribution in [3.05, 3.63) is 0 Å². The number of fused-ring (bicyclic) bond motifs is 1. The van der Waals surface area contributed by atoms with Crippen LogP contribution in [0.5, 0.6) is 0 Å². The maximum Gasteiger partial charge on any atom is 0.141 e. The Balaban J connectivity index is 2.01. The predicted octanol–water partition coefficient (Wildman–Crippen LogP) is 1.78. The Morgan fingerprint density at radius 3 is 1.90 bits per heavy atom. The number of hydrogen-bond donors (Lipinski definition) is 0. The van der Waals surface area contributed by atoms with E-state index in [0.29, 0.717) is 0 Å². The average Bonchev–Trinajstić information content (AvgIpc) is 2.47. The molecule has 1 aliphatic carbocycles. The average molecular weight is 140 g/mol. The highest BCUT2D eigenvalue weighted by Crippen LogP contribution is 2.43. The largest absolute Gasteiger partial charge is 0.314 e. The van der Waals surface area contributed by atoms with Gasteiger partial charge in [-0.3, -0.25) is 0 Å². The van der Waals surface area contributed by atoms with Crippen LogP contribution in [0.1, 0.15) is 32.1 Å². The van der Waals surface area contributed by atoms with Crippen LogP contribution in [-0.2, 0) is 0 Å². The summed E-state index contributed by atoms with van der Waals surface area (Å²) < 4.78 is 1.33. The smallest absolute Gasteiger partial charge is 0.141 e. The lowest BCUT2D eigenvalue weighted by molar-refractivity contribution is -0.784. The van der Waals surface area contributed by atoms with Crippen LogP contribution in [0, 0.1) is 0 Å². The van der Waals surface area contributed by atoms with E-state index in [1.807, 2.05) is 0 Å². The molecule has 0 spiro atoms. The van der Waals surface area contributed by atoms with E-state index < -0.39 is 0 Å². The fourth-order valence-corrected chi connectivity index (χ4v) is 2.69. The number of quaternary nitrogens is 1. The first-order chi connectivity index (χ1) is 4.73. The normalized spacial score (nSPS) is 43.8. The summed E-state index contributed by atoms with van der Waals surface area (Å²) >= 11 is 0. The van der Waals surface area contributed by atoms with Crippen LogP contribution < -0.4 is 0 Å². The number of rotatable bonds is 0. The lowest BCUT2D eigenvalue weighted by Gasteiger charge is -2.09. The molecule has 0 N–H and O–H groups in total. The molecule has 2 atom stereocenters. The van der Waals surface area contributed by atoms with E-state index in [4.69, 9.17) is 0 Å². The molecule has 10 heavy (non-hydrogen) atoms. The number of likely N-dealkylation sites (N-methyl/N-ethyl adjacent to an activating group) is 1. The molecule has 0 aromatic carbocycles. The Morgan fingerprint density at radius 2 is 1.40 bits per heavy atom. The zero-order valence-corrected chi connectivity index (χ0v) is 7.14. The molecule has 1 heteroatoms. The summed E-state index contributed by atoms with van der Waals surface area (Å²) in [5.41, 5.74) is 0. The van der Waals surface area contributed by atoms with E-state index in [1.54, 1.807) is 0 Å². The molecule has 1 aliphatic heterocycles. The molecule has 0 aromatic rings. The van der Waals surface area contributed by atoms with Crippen LogP contribution in [0.3, 0.4) is 0 Å². The summed E-state index contributed by atoms with van der Waals surface area (Å²) in [4.78, 5) is 0. The molecule has 0 radical (unpaired) electrons. The van der Waals surface area contributed by atoms with Gasteiger partial charge in [0, 0.05) is 12.8 Å². The quantitative estimate of drug-likeness (QED) is 0.355. The monoisotopic (exact) mass is 140 g/mol. The highest BCUT2D eigenvalue weighted by atomic mass is 15.5. The maximum atomic E-state index is 2.39.